The van der Waals surface area contributed by atoms with Crippen LogP contribution < -0.4 is 14.8 Å². The minimum atomic E-state index is -3.28. The molecule has 0 aromatic heterocycles. The number of benzene rings is 2. The number of rotatable bonds is 9. The van der Waals surface area contributed by atoms with Crippen molar-refractivity contribution in [3.05, 3.63) is 58.6 Å². The van der Waals surface area contributed by atoms with Gasteiger partial charge >= 0.3 is 10.6 Å². The molecule has 1 aliphatic rings. The largest absolute Gasteiger partial charge is 0.418 e. The maximum atomic E-state index is 12.3. The van der Waals surface area contributed by atoms with E-state index < -0.39 is 10.6 Å². The summed E-state index contributed by atoms with van der Waals surface area (Å²) in [6.07, 6.45) is 3.02. The van der Waals surface area contributed by atoms with Crippen molar-refractivity contribution in [2.75, 3.05) is 22.5 Å². The highest BCUT2D eigenvalue weighted by molar-refractivity contribution is 8.00. The number of ketones is 1. The molecule has 8 heteroatoms. The molecule has 2 aromatic rings. The summed E-state index contributed by atoms with van der Waals surface area (Å²) in [6.45, 7) is 1.70. The molecule has 0 fully saturated rings. The molecule has 0 radical (unpaired) electrons. The van der Waals surface area contributed by atoms with Crippen LogP contribution in [0.15, 0.2) is 42.5 Å². The normalized spacial score (nSPS) is 17.9. The van der Waals surface area contributed by atoms with Crippen LogP contribution in [-0.4, -0.2) is 23.4 Å². The quantitative estimate of drug-likeness (QED) is 0.285. The maximum absolute atomic E-state index is 12.3. The van der Waals surface area contributed by atoms with Crippen LogP contribution in [0.5, 0.6) is 0 Å². The zero-order valence-corrected chi connectivity index (χ0v) is 16.4. The van der Waals surface area contributed by atoms with Gasteiger partial charge in [0, 0.05) is 17.0 Å². The van der Waals surface area contributed by atoms with Gasteiger partial charge in [-0.05, 0) is 66.4 Å². The number of halogens is 1. The Kier molecular flexibility index (Phi) is 6.49. The average Bonchev–Trinajstić information content (AvgIpc) is 2.95. The van der Waals surface area contributed by atoms with Gasteiger partial charge in [0.05, 0.1) is 0 Å². The van der Waals surface area contributed by atoms with Crippen LogP contribution in [0.1, 0.15) is 35.2 Å². The Morgan fingerprint density at radius 3 is 2.67 bits per heavy atom. The van der Waals surface area contributed by atoms with Crippen LogP contribution in [0.4, 0.5) is 11.4 Å². The molecule has 27 heavy (non-hydrogen) atoms. The van der Waals surface area contributed by atoms with E-state index in [9.17, 15) is 13.6 Å². The zero-order chi connectivity index (χ0) is 19.3. The summed E-state index contributed by atoms with van der Waals surface area (Å²) >= 11 is 6.13. The molecule has 0 aliphatic carbocycles. The topological polar surface area (TPSA) is 90.5 Å². The summed E-state index contributed by atoms with van der Waals surface area (Å²) in [5.41, 5.74) is 2.69. The molecule has 4 N–H and O–H groups in total. The summed E-state index contributed by atoms with van der Waals surface area (Å²) in [4.78, 5) is 12.3. The van der Waals surface area contributed by atoms with E-state index in [0.717, 1.165) is 42.9 Å². The highest BCUT2D eigenvalue weighted by Gasteiger charge is 2.35. The van der Waals surface area contributed by atoms with Crippen molar-refractivity contribution in [2.45, 2.75) is 25.7 Å². The van der Waals surface area contributed by atoms with Gasteiger partial charge in [-0.3, -0.25) is 4.79 Å². The standard InChI is InChI=1S/C19H22ClN3O3S/c20-16-6-2-1-5-14(16)10-12-21-11-4-3-7-19(24)15-8-9-17-18(13-15)23-27(25,26)22-17/h1-2,5-6,8-9,13,21H,3-4,7,10-12H2,(H2-,22,23,24,25,26)/p+1. The van der Waals surface area contributed by atoms with Gasteiger partial charge in [-0.2, -0.15) is 9.44 Å². The summed E-state index contributed by atoms with van der Waals surface area (Å²) in [7, 11) is -3.28. The average molecular weight is 409 g/mol. The fourth-order valence-corrected chi connectivity index (χ4v) is 4.17. The van der Waals surface area contributed by atoms with Crippen molar-refractivity contribution in [1.82, 2.24) is 5.32 Å². The summed E-state index contributed by atoms with van der Waals surface area (Å²) in [6, 6.07) is 12.8. The minimum absolute atomic E-state index is 0.0343. The van der Waals surface area contributed by atoms with Crippen molar-refractivity contribution >= 4 is 39.3 Å². The van der Waals surface area contributed by atoms with Crippen LogP contribution in [-0.2, 0) is 21.2 Å². The van der Waals surface area contributed by atoms with Gasteiger partial charge in [-0.15, -0.1) is 4.55 Å². The lowest BCUT2D eigenvalue weighted by molar-refractivity contribution is 0.0979. The first-order valence-electron chi connectivity index (χ1n) is 8.88. The van der Waals surface area contributed by atoms with Crippen molar-refractivity contribution in [3.63, 3.8) is 0 Å². The summed E-state index contributed by atoms with van der Waals surface area (Å²) < 4.78 is 26.0. The van der Waals surface area contributed by atoms with Gasteiger partial charge in [-0.1, -0.05) is 29.8 Å². The molecule has 2 aromatic carbocycles. The van der Waals surface area contributed by atoms with Crippen LogP contribution in [0.2, 0.25) is 5.02 Å². The highest BCUT2D eigenvalue weighted by atomic mass is 35.5. The second-order valence-electron chi connectivity index (χ2n) is 6.46. The Balaban J connectivity index is 1.35. The number of Topliss-reactive ketones (excluding diaryl/α,β-unsaturated/α-hetero) is 1. The molecule has 144 valence electrons. The van der Waals surface area contributed by atoms with Crippen molar-refractivity contribution in [3.8, 4) is 0 Å². The molecule has 1 atom stereocenters. The van der Waals surface area contributed by atoms with Gasteiger partial charge in [0.1, 0.15) is 11.4 Å². The Bertz CT molecular complexity index is 875. The van der Waals surface area contributed by atoms with Crippen molar-refractivity contribution in [1.29, 1.82) is 0 Å². The Morgan fingerprint density at radius 2 is 1.85 bits per heavy atom. The molecule has 3 rings (SSSR count). The van der Waals surface area contributed by atoms with Gasteiger partial charge in [0.15, 0.2) is 5.78 Å². The van der Waals surface area contributed by atoms with Crippen LogP contribution in [0.25, 0.3) is 0 Å². The van der Waals surface area contributed by atoms with E-state index in [2.05, 4.69) is 14.8 Å². The van der Waals surface area contributed by atoms with E-state index in [1.165, 1.54) is 0 Å². The molecule has 1 heterocycles. The molecule has 6 nitrogen and oxygen atoms in total. The number of anilines is 2. The fraction of sp³-hybridized carbons (Fsp3) is 0.316. The molecule has 1 unspecified atom stereocenters. The van der Waals surface area contributed by atoms with Crippen LogP contribution >= 0.6 is 11.6 Å². The minimum Gasteiger partial charge on any atom is -0.316 e. The molecule has 1 aliphatic heterocycles. The predicted molar refractivity (Wildman–Crippen MR) is 111 cm³/mol. The highest BCUT2D eigenvalue weighted by Crippen LogP contribution is 2.32. The number of unbranched alkanes of at least 4 members (excludes halogenated alkanes) is 1. The summed E-state index contributed by atoms with van der Waals surface area (Å²) in [5, 5.41) is 4.16. The number of hydrogen-bond acceptors (Lipinski definition) is 3. The second-order valence-corrected chi connectivity index (χ2v) is 8.33. The van der Waals surface area contributed by atoms with E-state index in [1.54, 1.807) is 18.2 Å². The summed E-state index contributed by atoms with van der Waals surface area (Å²) in [5.74, 6) is 0.0343. The van der Waals surface area contributed by atoms with E-state index in [-0.39, 0.29) is 5.78 Å². The smallest absolute Gasteiger partial charge is 0.316 e. The molecule has 0 saturated heterocycles. The second kappa shape index (κ2) is 8.84. The maximum Gasteiger partial charge on any atom is 0.418 e. The monoisotopic (exact) mass is 408 g/mol. The Labute approximate surface area is 165 Å². The number of carbonyl (C=O) groups excluding carboxylic acids is 1. The van der Waals surface area contributed by atoms with Gasteiger partial charge < -0.3 is 5.32 Å². The lowest BCUT2D eigenvalue weighted by Crippen LogP contribution is -2.21. The third-order valence-electron chi connectivity index (χ3n) is 4.37. The van der Waals surface area contributed by atoms with E-state index in [1.807, 2.05) is 24.3 Å². The number of fused-ring (bicyclic) bond motifs is 1. The van der Waals surface area contributed by atoms with Gasteiger partial charge in [-0.25, -0.2) is 0 Å². The molecule has 0 saturated carbocycles. The molecule has 0 bridgehead atoms. The first-order chi connectivity index (χ1) is 12.9. The Hall–Kier alpha value is -1.93. The first-order valence-corrected chi connectivity index (χ1v) is 10.8. The van der Waals surface area contributed by atoms with Crippen molar-refractivity contribution in [2.24, 2.45) is 0 Å². The predicted octanol–water partition coefficient (Wildman–Crippen LogP) is 4.17. The van der Waals surface area contributed by atoms with Gasteiger partial charge in [0.25, 0.3) is 0 Å². The first kappa shape index (κ1) is 19.8. The van der Waals surface area contributed by atoms with E-state index in [4.69, 9.17) is 11.6 Å². The molecular formula is C19H23ClN3O3S+. The molecule has 0 amide bonds. The Morgan fingerprint density at radius 1 is 1.07 bits per heavy atom. The molecule has 0 spiro atoms. The number of carbonyl (C=O) groups is 1. The third-order valence-corrected chi connectivity index (χ3v) is 5.74. The van der Waals surface area contributed by atoms with Gasteiger partial charge in [0.2, 0.25) is 0 Å². The molecular weight excluding hydrogens is 386 g/mol. The zero-order valence-electron chi connectivity index (χ0n) is 14.8. The van der Waals surface area contributed by atoms with Crippen molar-refractivity contribution < 1.29 is 13.6 Å². The van der Waals surface area contributed by atoms with E-state index in [0.29, 0.717) is 23.4 Å². The van der Waals surface area contributed by atoms with Crippen LogP contribution in [0, 0.1) is 0 Å². The van der Waals surface area contributed by atoms with E-state index >= 15 is 0 Å². The number of nitrogens with one attached hydrogen (secondary N) is 3. The SMILES string of the molecule is O=C(CCCCNCCc1ccccc1Cl)c1ccc2c(c1)N[S+](=O)(O)N2. The lowest BCUT2D eigenvalue weighted by atomic mass is 10.0. The van der Waals surface area contributed by atoms with Crippen LogP contribution in [0.3, 0.4) is 0 Å². The third kappa shape index (κ3) is 5.52. The number of hydrogen-bond donors (Lipinski definition) is 4. The fourth-order valence-electron chi connectivity index (χ4n) is 2.94. The lowest BCUT2D eigenvalue weighted by Gasteiger charge is -2.06.